The molecule has 0 aliphatic heterocycles. The van der Waals surface area contributed by atoms with Crippen LogP contribution in [0.5, 0.6) is 0 Å². The Hall–Kier alpha value is -2.14. The molecule has 0 radical (unpaired) electrons. The van der Waals surface area contributed by atoms with E-state index in [0.717, 1.165) is 16.8 Å². The second-order valence-electron chi connectivity index (χ2n) is 6.45. The van der Waals surface area contributed by atoms with Crippen molar-refractivity contribution in [2.75, 3.05) is 13.1 Å². The standard InChI is InChI=1S/C19H27N3O2/c1-6-21(12-18(23)16-9-7-14(4)8-10-16)19(24)17-11-20-22(13(2)3)15(17)5/h7-11,13,18,23H,6,12H2,1-5H3. The third-order valence-electron chi connectivity index (χ3n) is 4.29. The second kappa shape index (κ2) is 7.62. The van der Waals surface area contributed by atoms with Gasteiger partial charge in [-0.2, -0.15) is 5.10 Å². The maximum atomic E-state index is 12.8. The fourth-order valence-corrected chi connectivity index (χ4v) is 2.78. The number of aryl methyl sites for hydroxylation is 1. The van der Waals surface area contributed by atoms with Gasteiger partial charge in [0, 0.05) is 18.3 Å². The van der Waals surface area contributed by atoms with Crippen molar-refractivity contribution in [3.63, 3.8) is 0 Å². The summed E-state index contributed by atoms with van der Waals surface area (Å²) in [5, 5.41) is 14.8. The van der Waals surface area contributed by atoms with E-state index >= 15 is 0 Å². The number of likely N-dealkylation sites (N-methyl/N-ethyl adjacent to an activating group) is 1. The van der Waals surface area contributed by atoms with E-state index < -0.39 is 6.10 Å². The molecule has 0 saturated heterocycles. The van der Waals surface area contributed by atoms with Gasteiger partial charge in [0.15, 0.2) is 0 Å². The highest BCUT2D eigenvalue weighted by Crippen LogP contribution is 2.19. The van der Waals surface area contributed by atoms with Crippen LogP contribution < -0.4 is 0 Å². The van der Waals surface area contributed by atoms with Gasteiger partial charge in [-0.3, -0.25) is 9.48 Å². The molecule has 1 aromatic heterocycles. The molecular formula is C19H27N3O2. The van der Waals surface area contributed by atoms with Gasteiger partial charge >= 0.3 is 0 Å². The fraction of sp³-hybridized carbons (Fsp3) is 0.474. The summed E-state index contributed by atoms with van der Waals surface area (Å²) in [6.07, 6.45) is 0.924. The van der Waals surface area contributed by atoms with Gasteiger partial charge in [0.25, 0.3) is 5.91 Å². The molecule has 1 aromatic carbocycles. The summed E-state index contributed by atoms with van der Waals surface area (Å²) in [4.78, 5) is 14.5. The average molecular weight is 329 g/mol. The summed E-state index contributed by atoms with van der Waals surface area (Å²) >= 11 is 0. The third kappa shape index (κ3) is 3.85. The predicted molar refractivity (Wildman–Crippen MR) is 95.1 cm³/mol. The molecule has 1 amide bonds. The van der Waals surface area contributed by atoms with Crippen LogP contribution in [0.15, 0.2) is 30.5 Å². The maximum Gasteiger partial charge on any atom is 0.257 e. The molecule has 0 bridgehead atoms. The Morgan fingerprint density at radius 2 is 1.88 bits per heavy atom. The smallest absolute Gasteiger partial charge is 0.257 e. The lowest BCUT2D eigenvalue weighted by atomic mass is 10.1. The molecule has 0 fully saturated rings. The monoisotopic (exact) mass is 329 g/mol. The van der Waals surface area contributed by atoms with E-state index in [4.69, 9.17) is 0 Å². The second-order valence-corrected chi connectivity index (χ2v) is 6.45. The fourth-order valence-electron chi connectivity index (χ4n) is 2.78. The van der Waals surface area contributed by atoms with Crippen LogP contribution in [0.4, 0.5) is 0 Å². The Kier molecular flexibility index (Phi) is 5.78. The van der Waals surface area contributed by atoms with Gasteiger partial charge < -0.3 is 10.0 Å². The Morgan fingerprint density at radius 3 is 2.38 bits per heavy atom. The number of benzene rings is 1. The van der Waals surface area contributed by atoms with E-state index in [1.807, 2.05) is 63.6 Å². The molecule has 2 aromatic rings. The zero-order chi connectivity index (χ0) is 17.9. The maximum absolute atomic E-state index is 12.8. The highest BCUT2D eigenvalue weighted by molar-refractivity contribution is 5.95. The number of nitrogens with zero attached hydrogens (tertiary/aromatic N) is 3. The summed E-state index contributed by atoms with van der Waals surface area (Å²) in [6.45, 7) is 10.7. The van der Waals surface area contributed by atoms with Crippen LogP contribution in [0.25, 0.3) is 0 Å². The van der Waals surface area contributed by atoms with Crippen LogP contribution in [0.1, 0.15) is 60.1 Å². The van der Waals surface area contributed by atoms with Crippen molar-refractivity contribution >= 4 is 5.91 Å². The number of hydrogen-bond acceptors (Lipinski definition) is 3. The quantitative estimate of drug-likeness (QED) is 0.885. The van der Waals surface area contributed by atoms with Gasteiger partial charge in [-0.25, -0.2) is 0 Å². The summed E-state index contributed by atoms with van der Waals surface area (Å²) in [7, 11) is 0. The van der Waals surface area contributed by atoms with E-state index in [9.17, 15) is 9.90 Å². The van der Waals surface area contributed by atoms with Crippen molar-refractivity contribution in [2.45, 2.75) is 46.8 Å². The molecule has 5 heteroatoms. The van der Waals surface area contributed by atoms with Crippen LogP contribution in [0.2, 0.25) is 0 Å². The Bertz CT molecular complexity index is 689. The largest absolute Gasteiger partial charge is 0.387 e. The minimum absolute atomic E-state index is 0.0898. The van der Waals surface area contributed by atoms with E-state index in [-0.39, 0.29) is 18.5 Å². The Labute approximate surface area is 143 Å². The molecule has 1 N–H and O–H groups in total. The van der Waals surface area contributed by atoms with Crippen molar-refractivity contribution in [2.24, 2.45) is 0 Å². The molecule has 1 unspecified atom stereocenters. The topological polar surface area (TPSA) is 58.4 Å². The number of rotatable bonds is 6. The third-order valence-corrected chi connectivity index (χ3v) is 4.29. The van der Waals surface area contributed by atoms with Gasteiger partial charge in [0.1, 0.15) is 0 Å². The van der Waals surface area contributed by atoms with Gasteiger partial charge in [0.05, 0.1) is 24.4 Å². The van der Waals surface area contributed by atoms with E-state index in [0.29, 0.717) is 12.1 Å². The zero-order valence-electron chi connectivity index (χ0n) is 15.2. The molecule has 5 nitrogen and oxygen atoms in total. The summed E-state index contributed by atoms with van der Waals surface area (Å²) in [5.74, 6) is -0.0898. The molecule has 2 rings (SSSR count). The van der Waals surface area contributed by atoms with Crippen molar-refractivity contribution in [1.82, 2.24) is 14.7 Å². The first kappa shape index (κ1) is 18.2. The van der Waals surface area contributed by atoms with Crippen LogP contribution in [0.3, 0.4) is 0 Å². The van der Waals surface area contributed by atoms with Gasteiger partial charge in [-0.1, -0.05) is 29.8 Å². The Balaban J connectivity index is 2.15. The normalized spacial score (nSPS) is 12.5. The van der Waals surface area contributed by atoms with Crippen molar-refractivity contribution in [1.29, 1.82) is 0 Å². The number of amides is 1. The summed E-state index contributed by atoms with van der Waals surface area (Å²) in [5.41, 5.74) is 3.42. The number of hydrogen-bond donors (Lipinski definition) is 1. The highest BCUT2D eigenvalue weighted by atomic mass is 16.3. The van der Waals surface area contributed by atoms with Crippen molar-refractivity contribution < 1.29 is 9.90 Å². The van der Waals surface area contributed by atoms with E-state index in [2.05, 4.69) is 5.10 Å². The van der Waals surface area contributed by atoms with Crippen LogP contribution in [-0.2, 0) is 0 Å². The summed E-state index contributed by atoms with van der Waals surface area (Å²) in [6, 6.07) is 7.95. The van der Waals surface area contributed by atoms with Gasteiger partial charge in [-0.15, -0.1) is 0 Å². The molecule has 0 aliphatic rings. The van der Waals surface area contributed by atoms with Crippen molar-refractivity contribution in [3.8, 4) is 0 Å². The van der Waals surface area contributed by atoms with Crippen molar-refractivity contribution in [3.05, 3.63) is 52.8 Å². The Morgan fingerprint density at radius 1 is 1.25 bits per heavy atom. The number of aliphatic hydroxyl groups excluding tert-OH is 1. The lowest BCUT2D eigenvalue weighted by Crippen LogP contribution is -2.35. The van der Waals surface area contributed by atoms with Gasteiger partial charge in [0.2, 0.25) is 0 Å². The molecule has 24 heavy (non-hydrogen) atoms. The minimum atomic E-state index is -0.699. The van der Waals surface area contributed by atoms with Crippen LogP contribution in [-0.4, -0.2) is 38.8 Å². The molecule has 1 atom stereocenters. The lowest BCUT2D eigenvalue weighted by Gasteiger charge is -2.24. The molecule has 0 aliphatic carbocycles. The summed E-state index contributed by atoms with van der Waals surface area (Å²) < 4.78 is 1.84. The number of carbonyl (C=O) groups is 1. The van der Waals surface area contributed by atoms with Crippen LogP contribution in [0, 0.1) is 13.8 Å². The number of aliphatic hydroxyl groups is 1. The lowest BCUT2D eigenvalue weighted by molar-refractivity contribution is 0.0634. The highest BCUT2D eigenvalue weighted by Gasteiger charge is 2.23. The molecule has 130 valence electrons. The molecular weight excluding hydrogens is 302 g/mol. The first-order valence-corrected chi connectivity index (χ1v) is 8.43. The molecule has 0 spiro atoms. The SMILES string of the molecule is CCN(CC(O)c1ccc(C)cc1)C(=O)c1cnn(C(C)C)c1C. The minimum Gasteiger partial charge on any atom is -0.387 e. The first-order valence-electron chi connectivity index (χ1n) is 8.43. The molecule has 0 saturated carbocycles. The van der Waals surface area contributed by atoms with E-state index in [1.54, 1.807) is 11.1 Å². The molecule has 1 heterocycles. The number of aromatic nitrogens is 2. The number of carbonyl (C=O) groups excluding carboxylic acids is 1. The van der Waals surface area contributed by atoms with Crippen LogP contribution >= 0.6 is 0 Å². The average Bonchev–Trinajstić information content (AvgIpc) is 2.94. The predicted octanol–water partition coefficient (Wildman–Crippen LogP) is 3.28. The zero-order valence-corrected chi connectivity index (χ0v) is 15.2. The first-order chi connectivity index (χ1) is 11.3. The van der Waals surface area contributed by atoms with E-state index in [1.165, 1.54) is 0 Å². The van der Waals surface area contributed by atoms with Gasteiger partial charge in [-0.05, 0) is 40.2 Å².